The highest BCUT2D eigenvalue weighted by molar-refractivity contribution is 5.75. The molecule has 0 aromatic heterocycles. The van der Waals surface area contributed by atoms with Gasteiger partial charge in [0.25, 0.3) is 0 Å². The third-order valence-corrected chi connectivity index (χ3v) is 2.10. The Morgan fingerprint density at radius 1 is 1.29 bits per heavy atom. The van der Waals surface area contributed by atoms with Crippen molar-refractivity contribution < 1.29 is 9.53 Å². The Hall–Kier alpha value is -1.57. The van der Waals surface area contributed by atoms with Gasteiger partial charge in [0.05, 0.1) is 0 Å². The number of carbonyl (C=O) groups excluding carboxylic acids is 1. The van der Waals surface area contributed by atoms with Gasteiger partial charge >= 0.3 is 5.97 Å². The van der Waals surface area contributed by atoms with E-state index in [-0.39, 0.29) is 5.97 Å². The normalized spacial score (nSPS) is 9.64. The molecule has 0 amide bonds. The molecule has 0 saturated heterocycles. The van der Waals surface area contributed by atoms with E-state index in [4.69, 9.17) is 4.74 Å². The number of ether oxygens (including phenoxy) is 1. The van der Waals surface area contributed by atoms with Crippen molar-refractivity contribution in [2.24, 2.45) is 0 Å². The summed E-state index contributed by atoms with van der Waals surface area (Å²) in [5, 5.41) is 0. The molecule has 0 aliphatic rings. The van der Waals surface area contributed by atoms with Crippen molar-refractivity contribution in [3.63, 3.8) is 0 Å². The van der Waals surface area contributed by atoms with Crippen molar-refractivity contribution in [1.82, 2.24) is 0 Å². The summed E-state index contributed by atoms with van der Waals surface area (Å²) in [7, 11) is 0. The number of carbonyl (C=O) groups is 1. The Morgan fingerprint density at radius 2 is 1.93 bits per heavy atom. The minimum Gasteiger partial charge on any atom is -0.427 e. The molecule has 2 nitrogen and oxygen atoms in total. The lowest BCUT2D eigenvalue weighted by Crippen LogP contribution is -1.97. The maximum absolute atomic E-state index is 10.7. The summed E-state index contributed by atoms with van der Waals surface area (Å²) in [5.74, 6) is 0.0637. The van der Waals surface area contributed by atoms with Gasteiger partial charge in [-0.05, 0) is 31.0 Å². The zero-order chi connectivity index (χ0) is 10.7. The monoisotopic (exact) mass is 190 g/mol. The van der Waals surface area contributed by atoms with Crippen LogP contribution in [0.5, 0.6) is 0 Å². The summed E-state index contributed by atoms with van der Waals surface area (Å²) in [5.41, 5.74) is 3.23. The zero-order valence-electron chi connectivity index (χ0n) is 8.76. The quantitative estimate of drug-likeness (QED) is 0.529. The highest BCUT2D eigenvalue weighted by Crippen LogP contribution is 2.17. The predicted molar refractivity (Wildman–Crippen MR) is 56.7 cm³/mol. The molecule has 1 rings (SSSR count). The molecular formula is C12H14O2. The molecule has 14 heavy (non-hydrogen) atoms. The van der Waals surface area contributed by atoms with Crippen LogP contribution in [-0.2, 0) is 9.53 Å². The van der Waals surface area contributed by atoms with E-state index in [1.54, 1.807) is 0 Å². The van der Waals surface area contributed by atoms with Crippen LogP contribution >= 0.6 is 0 Å². The Labute approximate surface area is 84.2 Å². The topological polar surface area (TPSA) is 26.3 Å². The van der Waals surface area contributed by atoms with Gasteiger partial charge in [0.2, 0.25) is 0 Å². The molecular weight excluding hydrogens is 176 g/mol. The fourth-order valence-corrected chi connectivity index (χ4v) is 1.15. The van der Waals surface area contributed by atoms with Gasteiger partial charge in [-0.15, -0.1) is 0 Å². The number of rotatable bonds is 2. The largest absolute Gasteiger partial charge is 0.427 e. The van der Waals surface area contributed by atoms with Gasteiger partial charge < -0.3 is 4.74 Å². The van der Waals surface area contributed by atoms with E-state index in [2.05, 4.69) is 6.58 Å². The average molecular weight is 190 g/mol. The molecule has 74 valence electrons. The first-order chi connectivity index (χ1) is 6.50. The first-order valence-electron chi connectivity index (χ1n) is 4.45. The fraction of sp³-hybridized carbons (Fsp3) is 0.250. The van der Waals surface area contributed by atoms with Crippen molar-refractivity contribution in [3.05, 3.63) is 41.5 Å². The molecule has 0 bridgehead atoms. The van der Waals surface area contributed by atoms with Crippen molar-refractivity contribution in [2.75, 3.05) is 0 Å². The van der Waals surface area contributed by atoms with Crippen LogP contribution in [0.4, 0.5) is 0 Å². The summed E-state index contributed by atoms with van der Waals surface area (Å²) in [6.07, 6.45) is 0. The third-order valence-electron chi connectivity index (χ3n) is 2.10. The van der Waals surface area contributed by atoms with Crippen LogP contribution in [0.15, 0.2) is 24.8 Å². The van der Waals surface area contributed by atoms with Crippen molar-refractivity contribution in [3.8, 4) is 0 Å². The van der Waals surface area contributed by atoms with Crippen LogP contribution in [0.3, 0.4) is 0 Å². The Morgan fingerprint density at radius 3 is 2.43 bits per heavy atom. The SMILES string of the molecule is C=C(OC(C)=O)c1ccc(C)c(C)c1. The number of aryl methyl sites for hydroxylation is 2. The maximum atomic E-state index is 10.7. The van der Waals surface area contributed by atoms with E-state index in [1.807, 2.05) is 32.0 Å². The van der Waals surface area contributed by atoms with Gasteiger partial charge in [-0.25, -0.2) is 0 Å². The molecule has 0 saturated carbocycles. The molecule has 0 spiro atoms. The van der Waals surface area contributed by atoms with E-state index in [0.29, 0.717) is 5.76 Å². The third kappa shape index (κ3) is 2.46. The van der Waals surface area contributed by atoms with Crippen LogP contribution in [-0.4, -0.2) is 5.97 Å². The summed E-state index contributed by atoms with van der Waals surface area (Å²) in [6, 6.07) is 5.84. The second kappa shape index (κ2) is 4.09. The number of hydrogen-bond acceptors (Lipinski definition) is 2. The molecule has 1 aromatic carbocycles. The standard InChI is InChI=1S/C12H14O2/c1-8-5-6-12(7-9(8)2)10(3)14-11(4)13/h5-7H,3H2,1-2,4H3. The molecule has 0 aliphatic heterocycles. The highest BCUT2D eigenvalue weighted by Gasteiger charge is 2.03. The molecule has 0 fully saturated rings. The second-order valence-electron chi connectivity index (χ2n) is 3.32. The van der Waals surface area contributed by atoms with Crippen LogP contribution in [0, 0.1) is 13.8 Å². The maximum Gasteiger partial charge on any atom is 0.308 e. The van der Waals surface area contributed by atoms with Gasteiger partial charge in [0, 0.05) is 12.5 Å². The van der Waals surface area contributed by atoms with E-state index in [9.17, 15) is 4.79 Å². The molecule has 0 aliphatic carbocycles. The van der Waals surface area contributed by atoms with Gasteiger partial charge in [-0.2, -0.15) is 0 Å². The van der Waals surface area contributed by atoms with E-state index in [1.165, 1.54) is 12.5 Å². The van der Waals surface area contributed by atoms with E-state index >= 15 is 0 Å². The van der Waals surface area contributed by atoms with Crippen LogP contribution in [0.25, 0.3) is 5.76 Å². The minimum absolute atomic E-state index is 0.340. The Bertz CT molecular complexity index is 378. The molecule has 0 atom stereocenters. The predicted octanol–water partition coefficient (Wildman–Crippen LogP) is 2.84. The Balaban J connectivity index is 2.91. The van der Waals surface area contributed by atoms with E-state index in [0.717, 1.165) is 11.1 Å². The number of benzene rings is 1. The lowest BCUT2D eigenvalue weighted by atomic mass is 10.1. The van der Waals surface area contributed by atoms with Gasteiger partial charge in [0.15, 0.2) is 0 Å². The van der Waals surface area contributed by atoms with Crippen molar-refractivity contribution >= 4 is 11.7 Å². The molecule has 0 N–H and O–H groups in total. The summed E-state index contributed by atoms with van der Waals surface area (Å²) in [6.45, 7) is 9.11. The lowest BCUT2D eigenvalue weighted by molar-refractivity contribution is -0.134. The molecule has 0 unspecified atom stereocenters. The average Bonchev–Trinajstić information content (AvgIpc) is 2.08. The van der Waals surface area contributed by atoms with Gasteiger partial charge in [-0.1, -0.05) is 18.7 Å². The van der Waals surface area contributed by atoms with Crippen molar-refractivity contribution in [2.45, 2.75) is 20.8 Å². The lowest BCUT2D eigenvalue weighted by Gasteiger charge is -2.07. The second-order valence-corrected chi connectivity index (χ2v) is 3.32. The number of esters is 1. The molecule has 1 aromatic rings. The van der Waals surface area contributed by atoms with Crippen LogP contribution in [0.2, 0.25) is 0 Å². The first-order valence-corrected chi connectivity index (χ1v) is 4.45. The summed E-state index contributed by atoms with van der Waals surface area (Å²) < 4.78 is 4.90. The fourth-order valence-electron chi connectivity index (χ4n) is 1.15. The molecule has 2 heteroatoms. The smallest absolute Gasteiger partial charge is 0.308 e. The summed E-state index contributed by atoms with van der Waals surface area (Å²) >= 11 is 0. The van der Waals surface area contributed by atoms with Gasteiger partial charge in [0.1, 0.15) is 5.76 Å². The Kier molecular flexibility index (Phi) is 3.07. The van der Waals surface area contributed by atoms with Crippen LogP contribution < -0.4 is 0 Å². The zero-order valence-corrected chi connectivity index (χ0v) is 8.76. The first kappa shape index (κ1) is 10.5. The molecule has 0 heterocycles. The number of hydrogen-bond donors (Lipinski definition) is 0. The molecule has 0 radical (unpaired) electrons. The van der Waals surface area contributed by atoms with Gasteiger partial charge in [-0.3, -0.25) is 4.79 Å². The summed E-state index contributed by atoms with van der Waals surface area (Å²) in [4.78, 5) is 10.7. The van der Waals surface area contributed by atoms with Crippen LogP contribution in [0.1, 0.15) is 23.6 Å². The highest BCUT2D eigenvalue weighted by atomic mass is 16.5. The van der Waals surface area contributed by atoms with Crippen molar-refractivity contribution in [1.29, 1.82) is 0 Å². The minimum atomic E-state index is -0.340. The van der Waals surface area contributed by atoms with E-state index < -0.39 is 0 Å².